The molecule has 0 saturated carbocycles. The van der Waals surface area contributed by atoms with Gasteiger partial charge in [-0.05, 0) is 32.4 Å². The minimum absolute atomic E-state index is 0.328. The molecule has 1 aliphatic heterocycles. The van der Waals surface area contributed by atoms with Gasteiger partial charge in [-0.3, -0.25) is 0 Å². The van der Waals surface area contributed by atoms with Crippen LogP contribution in [0.5, 0.6) is 5.88 Å². The molecule has 1 N–H and O–H groups in total. The third-order valence-corrected chi connectivity index (χ3v) is 3.19. The van der Waals surface area contributed by atoms with E-state index in [1.165, 1.54) is 12.8 Å². The summed E-state index contributed by atoms with van der Waals surface area (Å²) in [6.45, 7) is 4.85. The molecule has 1 unspecified atom stereocenters. The normalized spacial score (nSPS) is 17.5. The van der Waals surface area contributed by atoms with E-state index in [1.807, 2.05) is 0 Å². The summed E-state index contributed by atoms with van der Waals surface area (Å²) >= 11 is 0. The van der Waals surface area contributed by atoms with Gasteiger partial charge in [0.2, 0.25) is 5.88 Å². The summed E-state index contributed by atoms with van der Waals surface area (Å²) in [4.78, 5) is 15.3. The van der Waals surface area contributed by atoms with E-state index in [4.69, 9.17) is 9.47 Å². The van der Waals surface area contributed by atoms with Crippen molar-refractivity contribution in [3.8, 4) is 17.7 Å². The zero-order valence-corrected chi connectivity index (χ0v) is 12.2. The first-order valence-corrected chi connectivity index (χ1v) is 7.26. The Labute approximate surface area is 125 Å². The van der Waals surface area contributed by atoms with Gasteiger partial charge in [0.15, 0.2) is 0 Å². The highest BCUT2D eigenvalue weighted by Crippen LogP contribution is 2.13. The van der Waals surface area contributed by atoms with Gasteiger partial charge in [-0.15, -0.1) is 0 Å². The quantitative estimate of drug-likeness (QED) is 0.670. The van der Waals surface area contributed by atoms with E-state index < -0.39 is 5.97 Å². The van der Waals surface area contributed by atoms with Gasteiger partial charge in [0.1, 0.15) is 0 Å². The second kappa shape index (κ2) is 8.28. The van der Waals surface area contributed by atoms with Gasteiger partial charge >= 0.3 is 5.97 Å². The van der Waals surface area contributed by atoms with Crippen LogP contribution in [0.4, 0.5) is 0 Å². The van der Waals surface area contributed by atoms with Crippen molar-refractivity contribution in [3.63, 3.8) is 0 Å². The molecule has 1 saturated heterocycles. The number of nitrogens with one attached hydrogen (secondary N) is 1. The minimum atomic E-state index is -0.525. The maximum Gasteiger partial charge on any atom is 0.384 e. The van der Waals surface area contributed by atoms with Crippen LogP contribution in [0.3, 0.4) is 0 Å². The number of hydrogen-bond donors (Lipinski definition) is 1. The lowest BCUT2D eigenvalue weighted by molar-refractivity contribution is -0.136. The van der Waals surface area contributed by atoms with Gasteiger partial charge in [-0.25, -0.2) is 9.78 Å². The highest BCUT2D eigenvalue weighted by molar-refractivity contribution is 5.89. The van der Waals surface area contributed by atoms with Crippen LogP contribution in [-0.4, -0.2) is 37.3 Å². The lowest BCUT2D eigenvalue weighted by atomic mass is 10.0. The van der Waals surface area contributed by atoms with Crippen molar-refractivity contribution in [2.75, 3.05) is 26.3 Å². The number of esters is 1. The number of carbonyl (C=O) groups excluding carboxylic acids is 1. The van der Waals surface area contributed by atoms with Crippen LogP contribution in [0.25, 0.3) is 0 Å². The second-order valence-corrected chi connectivity index (χ2v) is 4.88. The van der Waals surface area contributed by atoms with Crippen molar-refractivity contribution >= 4 is 5.97 Å². The van der Waals surface area contributed by atoms with Gasteiger partial charge < -0.3 is 14.8 Å². The van der Waals surface area contributed by atoms with Gasteiger partial charge in [0.25, 0.3) is 0 Å². The van der Waals surface area contributed by atoms with Crippen molar-refractivity contribution in [2.24, 2.45) is 5.92 Å². The molecule has 21 heavy (non-hydrogen) atoms. The van der Waals surface area contributed by atoms with Crippen LogP contribution in [0, 0.1) is 17.8 Å². The van der Waals surface area contributed by atoms with E-state index in [0.29, 0.717) is 30.6 Å². The second-order valence-electron chi connectivity index (χ2n) is 4.88. The zero-order valence-electron chi connectivity index (χ0n) is 12.2. The smallest absolute Gasteiger partial charge is 0.384 e. The van der Waals surface area contributed by atoms with Crippen molar-refractivity contribution in [1.29, 1.82) is 0 Å². The monoisotopic (exact) mass is 288 g/mol. The molecule has 0 amide bonds. The minimum Gasteiger partial charge on any atom is -0.477 e. The third-order valence-electron chi connectivity index (χ3n) is 3.19. The first kappa shape index (κ1) is 15.3. The Balaban J connectivity index is 1.82. The Hall–Kier alpha value is -2.06. The van der Waals surface area contributed by atoms with E-state index in [9.17, 15) is 4.79 Å². The van der Waals surface area contributed by atoms with Crippen molar-refractivity contribution in [3.05, 3.63) is 23.9 Å². The molecule has 0 aliphatic carbocycles. The molecule has 1 aromatic rings. The standard InChI is InChI=1S/C16H20N2O3/c1-2-20-16(19)8-6-13-5-7-15(18-11-13)21-12-14-4-3-9-17-10-14/h5,7,11,14,17H,2-4,9-10,12H2,1H3. The largest absolute Gasteiger partial charge is 0.477 e. The van der Waals surface area contributed by atoms with Gasteiger partial charge in [0, 0.05) is 36.2 Å². The molecule has 0 spiro atoms. The van der Waals surface area contributed by atoms with Crippen LogP contribution < -0.4 is 10.1 Å². The number of nitrogens with zero attached hydrogens (tertiary/aromatic N) is 1. The maximum absolute atomic E-state index is 11.1. The van der Waals surface area contributed by atoms with Crippen molar-refractivity contribution in [1.82, 2.24) is 10.3 Å². The first-order chi connectivity index (χ1) is 10.3. The Morgan fingerprint density at radius 2 is 2.43 bits per heavy atom. The number of rotatable bonds is 4. The van der Waals surface area contributed by atoms with Crippen LogP contribution in [0.15, 0.2) is 18.3 Å². The number of hydrogen-bond acceptors (Lipinski definition) is 5. The number of carbonyl (C=O) groups is 1. The average Bonchev–Trinajstić information content (AvgIpc) is 2.53. The summed E-state index contributed by atoms with van der Waals surface area (Å²) in [7, 11) is 0. The maximum atomic E-state index is 11.1. The molecule has 2 rings (SSSR count). The lowest BCUT2D eigenvalue weighted by Gasteiger charge is -2.22. The fourth-order valence-corrected chi connectivity index (χ4v) is 2.10. The molecule has 2 heterocycles. The van der Waals surface area contributed by atoms with E-state index in [1.54, 1.807) is 25.3 Å². The molecule has 1 atom stereocenters. The Morgan fingerprint density at radius 3 is 3.10 bits per heavy atom. The molecule has 112 valence electrons. The molecule has 5 heteroatoms. The van der Waals surface area contributed by atoms with E-state index >= 15 is 0 Å². The highest BCUT2D eigenvalue weighted by atomic mass is 16.5. The van der Waals surface area contributed by atoms with E-state index in [2.05, 4.69) is 22.1 Å². The molecule has 1 aromatic heterocycles. The van der Waals surface area contributed by atoms with Crippen LogP contribution in [0.1, 0.15) is 25.3 Å². The fourth-order valence-electron chi connectivity index (χ4n) is 2.10. The van der Waals surface area contributed by atoms with Gasteiger partial charge in [-0.2, -0.15) is 0 Å². The first-order valence-electron chi connectivity index (χ1n) is 7.26. The predicted molar refractivity (Wildman–Crippen MR) is 78.8 cm³/mol. The van der Waals surface area contributed by atoms with Crippen molar-refractivity contribution < 1.29 is 14.3 Å². The van der Waals surface area contributed by atoms with Gasteiger partial charge in [0.05, 0.1) is 13.2 Å². The van der Waals surface area contributed by atoms with Crippen LogP contribution in [-0.2, 0) is 9.53 Å². The predicted octanol–water partition coefficient (Wildman–Crippen LogP) is 1.37. The van der Waals surface area contributed by atoms with Gasteiger partial charge in [-0.1, -0.05) is 5.92 Å². The molecular weight excluding hydrogens is 268 g/mol. The summed E-state index contributed by atoms with van der Waals surface area (Å²) in [6.07, 6.45) is 3.99. The number of aromatic nitrogens is 1. The SMILES string of the molecule is CCOC(=O)C#Cc1ccc(OCC2CCCNC2)nc1. The molecule has 0 aromatic carbocycles. The molecule has 5 nitrogen and oxygen atoms in total. The average molecular weight is 288 g/mol. The van der Waals surface area contributed by atoms with Crippen LogP contribution in [0.2, 0.25) is 0 Å². The Kier molecular flexibility index (Phi) is 6.04. The molecule has 0 radical (unpaired) electrons. The Bertz CT molecular complexity index is 511. The summed E-state index contributed by atoms with van der Waals surface area (Å²) in [5.74, 6) is 5.72. The molecule has 0 bridgehead atoms. The third kappa shape index (κ3) is 5.44. The molecule has 1 aliphatic rings. The van der Waals surface area contributed by atoms with Crippen LogP contribution >= 0.6 is 0 Å². The summed E-state index contributed by atoms with van der Waals surface area (Å²) in [5, 5.41) is 3.36. The van der Waals surface area contributed by atoms with E-state index in [-0.39, 0.29) is 0 Å². The topological polar surface area (TPSA) is 60.5 Å². The number of piperidine rings is 1. The van der Waals surface area contributed by atoms with Crippen molar-refractivity contribution in [2.45, 2.75) is 19.8 Å². The lowest BCUT2D eigenvalue weighted by Crippen LogP contribution is -2.33. The summed E-state index contributed by atoms with van der Waals surface area (Å²) < 4.78 is 10.4. The summed E-state index contributed by atoms with van der Waals surface area (Å²) in [5.41, 5.74) is 0.662. The number of ether oxygens (including phenoxy) is 2. The molecule has 1 fully saturated rings. The summed E-state index contributed by atoms with van der Waals surface area (Å²) in [6, 6.07) is 3.55. The zero-order chi connectivity index (χ0) is 14.9. The highest BCUT2D eigenvalue weighted by Gasteiger charge is 2.13. The Morgan fingerprint density at radius 1 is 1.52 bits per heavy atom. The van der Waals surface area contributed by atoms with E-state index in [0.717, 1.165) is 13.1 Å². The number of pyridine rings is 1. The fraction of sp³-hybridized carbons (Fsp3) is 0.500. The molecular formula is C16H20N2O3.